The average molecular weight is 347 g/mol. The molecule has 0 bridgehead atoms. The summed E-state index contributed by atoms with van der Waals surface area (Å²) in [5.41, 5.74) is 1.42. The minimum atomic E-state index is -0.525. The van der Waals surface area contributed by atoms with E-state index < -0.39 is 12.2 Å². The third kappa shape index (κ3) is 6.83. The van der Waals surface area contributed by atoms with Crippen molar-refractivity contribution in [2.75, 3.05) is 32.2 Å². The highest BCUT2D eigenvalue weighted by molar-refractivity contribution is 6.07. The van der Waals surface area contributed by atoms with Crippen molar-refractivity contribution in [2.45, 2.75) is 27.1 Å². The van der Waals surface area contributed by atoms with Gasteiger partial charge in [-0.25, -0.2) is 0 Å². The third-order valence-corrected chi connectivity index (χ3v) is 3.20. The van der Waals surface area contributed by atoms with E-state index in [1.54, 1.807) is 12.1 Å². The number of anilines is 1. The van der Waals surface area contributed by atoms with Crippen molar-refractivity contribution in [3.8, 4) is 11.8 Å². The van der Waals surface area contributed by atoms with Crippen LogP contribution in [0.4, 0.5) is 5.69 Å². The number of amides is 1. The molecule has 1 aromatic rings. The van der Waals surface area contributed by atoms with Crippen LogP contribution >= 0.6 is 0 Å². The fourth-order valence-electron chi connectivity index (χ4n) is 2.05. The summed E-state index contributed by atoms with van der Waals surface area (Å²) in [5, 5.41) is 14.8. The van der Waals surface area contributed by atoms with Crippen LogP contribution in [0.25, 0.3) is 0 Å². The minimum Gasteiger partial charge on any atom is -0.495 e. The van der Waals surface area contributed by atoms with Gasteiger partial charge in [-0.15, -0.1) is 0 Å². The molecule has 0 aliphatic carbocycles. The van der Waals surface area contributed by atoms with Crippen molar-refractivity contribution in [2.24, 2.45) is 0 Å². The summed E-state index contributed by atoms with van der Waals surface area (Å²) in [7, 11) is 1.52. The maximum Gasteiger partial charge on any atom is 0.267 e. The van der Waals surface area contributed by atoms with Crippen molar-refractivity contribution in [3.05, 3.63) is 35.5 Å². The number of benzene rings is 1. The van der Waals surface area contributed by atoms with Crippen molar-refractivity contribution in [1.29, 1.82) is 5.26 Å². The lowest BCUT2D eigenvalue weighted by molar-refractivity contribution is -0.131. The molecule has 1 rings (SSSR count). The Hall–Kier alpha value is -2.56. The summed E-state index contributed by atoms with van der Waals surface area (Å²) >= 11 is 0. The van der Waals surface area contributed by atoms with Gasteiger partial charge in [0.25, 0.3) is 5.91 Å². The molecule has 0 aliphatic rings. The Morgan fingerprint density at radius 2 is 2.00 bits per heavy atom. The van der Waals surface area contributed by atoms with Crippen LogP contribution < -0.4 is 15.4 Å². The van der Waals surface area contributed by atoms with E-state index in [1.165, 1.54) is 13.3 Å². The molecule has 0 heterocycles. The number of nitriles is 1. The molecule has 1 amide bonds. The highest BCUT2D eigenvalue weighted by atomic mass is 16.7. The van der Waals surface area contributed by atoms with Crippen molar-refractivity contribution in [1.82, 2.24) is 5.32 Å². The van der Waals surface area contributed by atoms with E-state index >= 15 is 0 Å². The number of hydrogen-bond donors (Lipinski definition) is 2. The molecule has 0 spiro atoms. The molecule has 25 heavy (non-hydrogen) atoms. The minimum absolute atomic E-state index is 0.0599. The predicted octanol–water partition coefficient (Wildman–Crippen LogP) is 2.34. The van der Waals surface area contributed by atoms with Gasteiger partial charge in [-0.05, 0) is 38.5 Å². The Morgan fingerprint density at radius 1 is 1.32 bits per heavy atom. The van der Waals surface area contributed by atoms with Crippen LogP contribution in [-0.4, -0.2) is 39.1 Å². The summed E-state index contributed by atoms with van der Waals surface area (Å²) in [5.74, 6) is 0.000208. The van der Waals surface area contributed by atoms with Crippen LogP contribution in [0.15, 0.2) is 30.0 Å². The topological polar surface area (TPSA) is 92.6 Å². The molecule has 0 atom stereocenters. The number of aryl methyl sites for hydroxylation is 1. The van der Waals surface area contributed by atoms with Gasteiger partial charge in [-0.1, -0.05) is 6.07 Å². The van der Waals surface area contributed by atoms with Crippen LogP contribution in [0.3, 0.4) is 0 Å². The van der Waals surface area contributed by atoms with Crippen LogP contribution in [-0.2, 0) is 14.3 Å². The summed E-state index contributed by atoms with van der Waals surface area (Å²) in [6.45, 7) is 6.98. The zero-order valence-corrected chi connectivity index (χ0v) is 15.1. The Balaban J connectivity index is 2.74. The summed E-state index contributed by atoms with van der Waals surface area (Å²) in [6.07, 6.45) is 0.911. The third-order valence-electron chi connectivity index (χ3n) is 3.20. The smallest absolute Gasteiger partial charge is 0.267 e. The number of nitrogens with zero attached hydrogens (tertiary/aromatic N) is 1. The molecule has 7 heteroatoms. The normalized spacial score (nSPS) is 11.1. The predicted molar refractivity (Wildman–Crippen MR) is 95.1 cm³/mol. The molecule has 0 aromatic heterocycles. The lowest BCUT2D eigenvalue weighted by atomic mass is 10.2. The number of nitrogens with one attached hydrogen (secondary N) is 2. The summed E-state index contributed by atoms with van der Waals surface area (Å²) in [4.78, 5) is 12.3. The first-order chi connectivity index (χ1) is 12.0. The maximum atomic E-state index is 12.3. The highest BCUT2D eigenvalue weighted by Crippen LogP contribution is 2.25. The average Bonchev–Trinajstić information content (AvgIpc) is 2.59. The van der Waals surface area contributed by atoms with E-state index in [-0.39, 0.29) is 5.57 Å². The number of methoxy groups -OCH3 is 1. The van der Waals surface area contributed by atoms with E-state index in [1.807, 2.05) is 32.9 Å². The fourth-order valence-corrected chi connectivity index (χ4v) is 2.05. The highest BCUT2D eigenvalue weighted by Gasteiger charge is 2.13. The molecule has 0 aliphatic heterocycles. The SMILES string of the molecule is CCOC(CN/C=C(/C#N)C(=O)Nc1cc(C)ccc1OC)OCC. The van der Waals surface area contributed by atoms with Crippen LogP contribution in [0.5, 0.6) is 5.75 Å². The van der Waals surface area contributed by atoms with Crippen molar-refractivity contribution < 1.29 is 19.0 Å². The van der Waals surface area contributed by atoms with E-state index in [0.29, 0.717) is 31.2 Å². The van der Waals surface area contributed by atoms with Gasteiger partial charge < -0.3 is 24.8 Å². The fraction of sp³-hybridized carbons (Fsp3) is 0.444. The Bertz CT molecular complexity index is 632. The molecule has 0 saturated carbocycles. The molecule has 136 valence electrons. The quantitative estimate of drug-likeness (QED) is 0.383. The molecular weight excluding hydrogens is 322 g/mol. The largest absolute Gasteiger partial charge is 0.495 e. The van der Waals surface area contributed by atoms with Gasteiger partial charge in [0.15, 0.2) is 6.29 Å². The monoisotopic (exact) mass is 347 g/mol. The first-order valence-corrected chi connectivity index (χ1v) is 8.08. The zero-order chi connectivity index (χ0) is 18.7. The molecular formula is C18H25N3O4. The van der Waals surface area contributed by atoms with Crippen LogP contribution in [0.2, 0.25) is 0 Å². The van der Waals surface area contributed by atoms with Crippen LogP contribution in [0, 0.1) is 18.3 Å². The molecule has 0 saturated heterocycles. The summed E-state index contributed by atoms with van der Waals surface area (Å²) in [6, 6.07) is 7.28. The van der Waals surface area contributed by atoms with E-state index in [9.17, 15) is 10.1 Å². The van der Waals surface area contributed by atoms with E-state index in [4.69, 9.17) is 14.2 Å². The van der Waals surface area contributed by atoms with Crippen molar-refractivity contribution >= 4 is 11.6 Å². The second-order valence-corrected chi connectivity index (χ2v) is 5.08. The molecule has 1 aromatic carbocycles. The lowest BCUT2D eigenvalue weighted by Gasteiger charge is -2.16. The van der Waals surface area contributed by atoms with E-state index in [0.717, 1.165) is 5.56 Å². The second kappa shape index (κ2) is 11.1. The van der Waals surface area contributed by atoms with Crippen molar-refractivity contribution in [3.63, 3.8) is 0 Å². The van der Waals surface area contributed by atoms with Gasteiger partial charge in [-0.3, -0.25) is 4.79 Å². The zero-order valence-electron chi connectivity index (χ0n) is 15.1. The Labute approximate surface area is 148 Å². The van der Waals surface area contributed by atoms with Gasteiger partial charge in [0.05, 0.1) is 19.3 Å². The number of ether oxygens (including phenoxy) is 3. The summed E-state index contributed by atoms with van der Waals surface area (Å²) < 4.78 is 16.0. The van der Waals surface area contributed by atoms with Gasteiger partial charge in [0.2, 0.25) is 0 Å². The first kappa shape index (κ1) is 20.5. The molecule has 0 unspecified atom stereocenters. The second-order valence-electron chi connectivity index (χ2n) is 5.08. The van der Waals surface area contributed by atoms with Gasteiger partial charge >= 0.3 is 0 Å². The number of hydrogen-bond acceptors (Lipinski definition) is 6. The standard InChI is InChI=1S/C18H25N3O4/c1-5-24-17(25-6-2)12-20-11-14(10-19)18(22)21-15-9-13(3)7-8-16(15)23-4/h7-9,11,17,20H,5-6,12H2,1-4H3,(H,21,22)/b14-11-. The molecule has 0 fully saturated rings. The van der Waals surface area contributed by atoms with Gasteiger partial charge in [-0.2, -0.15) is 5.26 Å². The first-order valence-electron chi connectivity index (χ1n) is 8.08. The number of rotatable bonds is 10. The van der Waals surface area contributed by atoms with Gasteiger partial charge in [0, 0.05) is 19.4 Å². The maximum absolute atomic E-state index is 12.3. The number of carbonyl (C=O) groups is 1. The molecule has 2 N–H and O–H groups in total. The number of carbonyl (C=O) groups excluding carboxylic acids is 1. The molecule has 7 nitrogen and oxygen atoms in total. The Kier molecular flexibility index (Phi) is 9.07. The van der Waals surface area contributed by atoms with E-state index in [2.05, 4.69) is 10.6 Å². The van der Waals surface area contributed by atoms with Gasteiger partial charge in [0.1, 0.15) is 17.4 Å². The lowest BCUT2D eigenvalue weighted by Crippen LogP contribution is -2.29. The Morgan fingerprint density at radius 3 is 2.56 bits per heavy atom. The van der Waals surface area contributed by atoms with Crippen LogP contribution in [0.1, 0.15) is 19.4 Å². The molecule has 0 radical (unpaired) electrons.